The number of carbonyl (C=O) groups excluding carboxylic acids is 1. The van der Waals surface area contributed by atoms with Gasteiger partial charge in [0.15, 0.2) is 0 Å². The number of halogens is 1. The molecule has 1 aromatic rings. The van der Waals surface area contributed by atoms with E-state index in [2.05, 4.69) is 5.32 Å². The van der Waals surface area contributed by atoms with Crippen LogP contribution in [0.25, 0.3) is 0 Å². The van der Waals surface area contributed by atoms with E-state index in [1.54, 1.807) is 6.07 Å². The van der Waals surface area contributed by atoms with Gasteiger partial charge in [-0.3, -0.25) is 4.79 Å². The van der Waals surface area contributed by atoms with Crippen LogP contribution in [0.4, 0.5) is 10.1 Å². The topological polar surface area (TPSA) is 32.3 Å². The average Bonchev–Trinajstić information content (AvgIpc) is 2.81. The van der Waals surface area contributed by atoms with E-state index < -0.39 is 0 Å². The standard InChI is InChI=1S/C13H17FN2O/c1-10-8-11(14)4-5-12(10)15-9-13(17)16-6-2-3-7-16/h4-5,8,15H,2-3,6-7,9H2,1H3. The van der Waals surface area contributed by atoms with Gasteiger partial charge in [0.2, 0.25) is 5.91 Å². The number of hydrogen-bond acceptors (Lipinski definition) is 2. The molecule has 1 amide bonds. The van der Waals surface area contributed by atoms with Gasteiger partial charge in [0.05, 0.1) is 6.54 Å². The lowest BCUT2D eigenvalue weighted by molar-refractivity contribution is -0.128. The fraction of sp³-hybridized carbons (Fsp3) is 0.462. The summed E-state index contributed by atoms with van der Waals surface area (Å²) in [6, 6.07) is 4.53. The van der Waals surface area contributed by atoms with Crippen LogP contribution in [0.2, 0.25) is 0 Å². The summed E-state index contributed by atoms with van der Waals surface area (Å²) in [5, 5.41) is 3.06. The van der Waals surface area contributed by atoms with Crippen LogP contribution in [0.15, 0.2) is 18.2 Å². The molecule has 0 atom stereocenters. The Balaban J connectivity index is 1.90. The molecule has 2 rings (SSSR count). The number of rotatable bonds is 3. The molecular weight excluding hydrogens is 219 g/mol. The lowest BCUT2D eigenvalue weighted by Gasteiger charge is -2.16. The van der Waals surface area contributed by atoms with E-state index in [-0.39, 0.29) is 18.3 Å². The first-order chi connectivity index (χ1) is 8.16. The maximum atomic E-state index is 12.9. The van der Waals surface area contributed by atoms with Crippen LogP contribution in [0.3, 0.4) is 0 Å². The van der Waals surface area contributed by atoms with Gasteiger partial charge in [-0.1, -0.05) is 0 Å². The van der Waals surface area contributed by atoms with Crippen LogP contribution in [-0.4, -0.2) is 30.4 Å². The van der Waals surface area contributed by atoms with Gasteiger partial charge in [0, 0.05) is 18.8 Å². The molecule has 0 spiro atoms. The van der Waals surface area contributed by atoms with Crippen LogP contribution in [0, 0.1) is 12.7 Å². The first-order valence-corrected chi connectivity index (χ1v) is 5.94. The second-order valence-corrected chi connectivity index (χ2v) is 4.40. The van der Waals surface area contributed by atoms with Gasteiger partial charge in [-0.25, -0.2) is 4.39 Å². The minimum absolute atomic E-state index is 0.117. The lowest BCUT2D eigenvalue weighted by Crippen LogP contribution is -2.33. The van der Waals surface area contributed by atoms with Gasteiger partial charge in [0.25, 0.3) is 0 Å². The van der Waals surface area contributed by atoms with Crippen LogP contribution in [-0.2, 0) is 4.79 Å². The largest absolute Gasteiger partial charge is 0.376 e. The predicted molar refractivity (Wildman–Crippen MR) is 65.4 cm³/mol. The van der Waals surface area contributed by atoms with Crippen LogP contribution in [0.5, 0.6) is 0 Å². The smallest absolute Gasteiger partial charge is 0.241 e. The second kappa shape index (κ2) is 5.17. The molecule has 0 aromatic heterocycles. The second-order valence-electron chi connectivity index (χ2n) is 4.40. The molecule has 1 aromatic carbocycles. The number of hydrogen-bond donors (Lipinski definition) is 1. The van der Waals surface area contributed by atoms with Crippen molar-refractivity contribution in [3.05, 3.63) is 29.6 Å². The maximum Gasteiger partial charge on any atom is 0.241 e. The summed E-state index contributed by atoms with van der Waals surface area (Å²) < 4.78 is 12.9. The molecule has 17 heavy (non-hydrogen) atoms. The Labute approximate surface area is 101 Å². The third-order valence-electron chi connectivity index (χ3n) is 3.08. The first kappa shape index (κ1) is 11.9. The number of nitrogens with zero attached hydrogens (tertiary/aromatic N) is 1. The SMILES string of the molecule is Cc1cc(F)ccc1NCC(=O)N1CCCC1. The molecule has 1 aliphatic heterocycles. The third kappa shape index (κ3) is 2.96. The van der Waals surface area contributed by atoms with Crippen molar-refractivity contribution in [2.45, 2.75) is 19.8 Å². The van der Waals surface area contributed by atoms with Crippen molar-refractivity contribution >= 4 is 11.6 Å². The quantitative estimate of drug-likeness (QED) is 0.872. The Morgan fingerprint density at radius 3 is 2.76 bits per heavy atom. The summed E-state index contributed by atoms with van der Waals surface area (Å²) in [5.41, 5.74) is 1.64. The Bertz CT molecular complexity index is 414. The number of benzene rings is 1. The van der Waals surface area contributed by atoms with Gasteiger partial charge >= 0.3 is 0 Å². The number of amides is 1. The first-order valence-electron chi connectivity index (χ1n) is 5.94. The molecule has 92 valence electrons. The number of aryl methyl sites for hydroxylation is 1. The zero-order valence-electron chi connectivity index (χ0n) is 10.0. The van der Waals surface area contributed by atoms with Crippen molar-refractivity contribution in [3.8, 4) is 0 Å². The van der Waals surface area contributed by atoms with Crippen molar-refractivity contribution in [2.75, 3.05) is 25.0 Å². The molecule has 0 unspecified atom stereocenters. The zero-order chi connectivity index (χ0) is 12.3. The summed E-state index contributed by atoms with van der Waals surface area (Å²) >= 11 is 0. The number of nitrogens with one attached hydrogen (secondary N) is 1. The molecule has 1 N–H and O–H groups in total. The van der Waals surface area contributed by atoms with E-state index in [0.717, 1.165) is 37.2 Å². The minimum Gasteiger partial charge on any atom is -0.376 e. The van der Waals surface area contributed by atoms with E-state index in [4.69, 9.17) is 0 Å². The van der Waals surface area contributed by atoms with Gasteiger partial charge < -0.3 is 10.2 Å². The monoisotopic (exact) mass is 236 g/mol. The molecule has 0 saturated carbocycles. The molecular formula is C13H17FN2O. The molecule has 1 fully saturated rings. The highest BCUT2D eigenvalue weighted by molar-refractivity contribution is 5.81. The highest BCUT2D eigenvalue weighted by Gasteiger charge is 2.17. The summed E-state index contributed by atoms with van der Waals surface area (Å²) in [4.78, 5) is 13.7. The number of likely N-dealkylation sites (tertiary alicyclic amines) is 1. The summed E-state index contributed by atoms with van der Waals surface area (Å²) in [6.45, 7) is 3.84. The molecule has 0 aliphatic carbocycles. The normalized spacial score (nSPS) is 15.1. The van der Waals surface area contributed by atoms with E-state index in [9.17, 15) is 9.18 Å². The van der Waals surface area contributed by atoms with Gasteiger partial charge in [-0.05, 0) is 43.5 Å². The summed E-state index contributed by atoms with van der Waals surface area (Å²) in [5.74, 6) is -0.134. The molecule has 4 heteroatoms. The van der Waals surface area contributed by atoms with E-state index in [0.29, 0.717) is 0 Å². The average molecular weight is 236 g/mol. The van der Waals surface area contributed by atoms with Crippen molar-refractivity contribution in [3.63, 3.8) is 0 Å². The van der Waals surface area contributed by atoms with E-state index >= 15 is 0 Å². The van der Waals surface area contributed by atoms with Crippen molar-refractivity contribution in [2.24, 2.45) is 0 Å². The fourth-order valence-electron chi connectivity index (χ4n) is 2.07. The fourth-order valence-corrected chi connectivity index (χ4v) is 2.07. The van der Waals surface area contributed by atoms with Gasteiger partial charge in [-0.15, -0.1) is 0 Å². The zero-order valence-corrected chi connectivity index (χ0v) is 10.0. The maximum absolute atomic E-state index is 12.9. The molecule has 1 saturated heterocycles. The van der Waals surface area contributed by atoms with Crippen molar-refractivity contribution in [1.29, 1.82) is 0 Å². The highest BCUT2D eigenvalue weighted by Crippen LogP contribution is 2.15. The van der Waals surface area contributed by atoms with Crippen molar-refractivity contribution < 1.29 is 9.18 Å². The molecule has 1 aliphatic rings. The molecule has 3 nitrogen and oxygen atoms in total. The molecule has 0 bridgehead atoms. The van der Waals surface area contributed by atoms with Gasteiger partial charge in [0.1, 0.15) is 5.82 Å². The lowest BCUT2D eigenvalue weighted by atomic mass is 10.2. The number of anilines is 1. The Hall–Kier alpha value is -1.58. The third-order valence-corrected chi connectivity index (χ3v) is 3.08. The Morgan fingerprint density at radius 2 is 2.12 bits per heavy atom. The van der Waals surface area contributed by atoms with Crippen molar-refractivity contribution in [1.82, 2.24) is 4.90 Å². The van der Waals surface area contributed by atoms with Crippen LogP contribution in [0.1, 0.15) is 18.4 Å². The summed E-state index contributed by atoms with van der Waals surface area (Å²) in [6.07, 6.45) is 2.20. The van der Waals surface area contributed by atoms with E-state index in [1.165, 1.54) is 12.1 Å². The molecule has 1 heterocycles. The molecule has 0 radical (unpaired) electrons. The van der Waals surface area contributed by atoms with E-state index in [1.807, 2.05) is 11.8 Å². The minimum atomic E-state index is -0.251. The summed E-state index contributed by atoms with van der Waals surface area (Å²) in [7, 11) is 0. The van der Waals surface area contributed by atoms with Gasteiger partial charge in [-0.2, -0.15) is 0 Å². The number of carbonyl (C=O) groups is 1. The van der Waals surface area contributed by atoms with Crippen LogP contribution < -0.4 is 5.32 Å². The van der Waals surface area contributed by atoms with Crippen LogP contribution >= 0.6 is 0 Å². The Kier molecular flexibility index (Phi) is 3.61. The Morgan fingerprint density at radius 1 is 1.41 bits per heavy atom. The predicted octanol–water partition coefficient (Wildman–Crippen LogP) is 2.17. The highest BCUT2D eigenvalue weighted by atomic mass is 19.1.